The number of hydrogen-bond donors (Lipinski definition) is 1. The highest BCUT2D eigenvalue weighted by Crippen LogP contribution is 2.34. The molecule has 0 saturated carbocycles. The van der Waals surface area contributed by atoms with Crippen molar-refractivity contribution in [3.63, 3.8) is 0 Å². The molecule has 3 aromatic rings. The highest BCUT2D eigenvalue weighted by molar-refractivity contribution is 7.10. The van der Waals surface area contributed by atoms with Crippen molar-refractivity contribution in [1.82, 2.24) is 5.32 Å². The lowest BCUT2D eigenvalue weighted by Crippen LogP contribution is -2.17. The van der Waals surface area contributed by atoms with Crippen LogP contribution < -0.4 is 5.32 Å². The summed E-state index contributed by atoms with van der Waals surface area (Å²) in [5.74, 6) is -0.165. The lowest BCUT2D eigenvalue weighted by molar-refractivity contribution is 0.637. The molecule has 1 aromatic heterocycles. The molecule has 0 aliphatic heterocycles. The van der Waals surface area contributed by atoms with Crippen molar-refractivity contribution in [3.05, 3.63) is 69.7 Å². The van der Waals surface area contributed by atoms with Crippen LogP contribution in [0.1, 0.15) is 22.0 Å². The van der Waals surface area contributed by atoms with Crippen molar-refractivity contribution >= 4 is 22.1 Å². The van der Waals surface area contributed by atoms with E-state index in [2.05, 4.69) is 23.7 Å². The van der Waals surface area contributed by atoms with Gasteiger partial charge in [0.2, 0.25) is 0 Å². The van der Waals surface area contributed by atoms with Crippen LogP contribution in [-0.4, -0.2) is 7.05 Å². The molecule has 1 nitrogen and oxygen atoms in total. The van der Waals surface area contributed by atoms with Gasteiger partial charge in [0, 0.05) is 10.3 Å². The van der Waals surface area contributed by atoms with E-state index in [-0.39, 0.29) is 11.9 Å². The average molecular weight is 285 g/mol. The molecule has 0 bridgehead atoms. The fourth-order valence-corrected chi connectivity index (χ4v) is 3.70. The number of benzene rings is 2. The number of aryl methyl sites for hydroxylation is 1. The van der Waals surface area contributed by atoms with Crippen LogP contribution >= 0.6 is 11.3 Å². The zero-order valence-corrected chi connectivity index (χ0v) is 12.3. The summed E-state index contributed by atoms with van der Waals surface area (Å²) in [7, 11) is 1.95. The normalized spacial score (nSPS) is 12.8. The molecule has 3 heteroatoms. The molecule has 0 aliphatic carbocycles. The highest BCUT2D eigenvalue weighted by Gasteiger charge is 2.18. The van der Waals surface area contributed by atoms with E-state index >= 15 is 0 Å². The van der Waals surface area contributed by atoms with Gasteiger partial charge in [-0.15, -0.1) is 11.3 Å². The first-order chi connectivity index (χ1) is 9.72. The molecule has 0 aliphatic rings. The molecule has 1 atom stereocenters. The number of fused-ring (bicyclic) bond motifs is 1. The predicted molar refractivity (Wildman–Crippen MR) is 83.9 cm³/mol. The van der Waals surface area contributed by atoms with Gasteiger partial charge >= 0.3 is 0 Å². The van der Waals surface area contributed by atoms with E-state index in [4.69, 9.17) is 0 Å². The molecule has 0 amide bonds. The van der Waals surface area contributed by atoms with E-state index in [1.807, 2.05) is 37.4 Å². The Morgan fingerprint density at radius 2 is 1.80 bits per heavy atom. The van der Waals surface area contributed by atoms with Crippen molar-refractivity contribution < 1.29 is 4.39 Å². The van der Waals surface area contributed by atoms with Gasteiger partial charge in [0.15, 0.2) is 0 Å². The summed E-state index contributed by atoms with van der Waals surface area (Å²) >= 11 is 1.73. The fraction of sp³-hybridized carbons (Fsp3) is 0.176. The second kappa shape index (κ2) is 5.35. The third kappa shape index (κ3) is 2.13. The monoisotopic (exact) mass is 285 g/mol. The molecule has 1 heterocycles. The minimum absolute atomic E-state index is 0.0977. The Morgan fingerprint density at radius 3 is 2.45 bits per heavy atom. The van der Waals surface area contributed by atoms with Gasteiger partial charge in [-0.05, 0) is 48.0 Å². The maximum absolute atomic E-state index is 13.9. The summed E-state index contributed by atoms with van der Waals surface area (Å²) in [6.45, 7) is 2.11. The molecular formula is C17H16FNS. The Hall–Kier alpha value is -1.71. The molecule has 20 heavy (non-hydrogen) atoms. The summed E-state index contributed by atoms with van der Waals surface area (Å²) in [5, 5.41) is 7.11. The summed E-state index contributed by atoms with van der Waals surface area (Å²) < 4.78 is 13.9. The van der Waals surface area contributed by atoms with Gasteiger partial charge in [0.1, 0.15) is 5.82 Å². The maximum atomic E-state index is 13.9. The smallest absolute Gasteiger partial charge is 0.131 e. The second-order valence-corrected chi connectivity index (χ2v) is 5.82. The van der Waals surface area contributed by atoms with Gasteiger partial charge in [-0.25, -0.2) is 4.39 Å². The van der Waals surface area contributed by atoms with E-state index in [0.717, 1.165) is 10.9 Å². The van der Waals surface area contributed by atoms with Crippen LogP contribution in [0.3, 0.4) is 0 Å². The van der Waals surface area contributed by atoms with E-state index in [9.17, 15) is 4.39 Å². The molecule has 0 fully saturated rings. The van der Waals surface area contributed by atoms with E-state index < -0.39 is 0 Å². The average Bonchev–Trinajstić information content (AvgIpc) is 2.89. The van der Waals surface area contributed by atoms with E-state index in [0.29, 0.717) is 5.39 Å². The zero-order chi connectivity index (χ0) is 14.1. The Labute approximate surface area is 122 Å². The lowest BCUT2D eigenvalue weighted by Gasteiger charge is -2.19. The Bertz CT molecular complexity index is 748. The minimum Gasteiger partial charge on any atom is -0.309 e. The molecule has 1 N–H and O–H groups in total. The molecule has 102 valence electrons. The Kier molecular flexibility index (Phi) is 3.55. The molecule has 0 radical (unpaired) electrons. The van der Waals surface area contributed by atoms with Gasteiger partial charge in [0.25, 0.3) is 0 Å². The number of hydrogen-bond acceptors (Lipinski definition) is 2. The molecule has 1 unspecified atom stereocenters. The summed E-state index contributed by atoms with van der Waals surface area (Å²) in [6.07, 6.45) is 0. The predicted octanol–water partition coefficient (Wildman–Crippen LogP) is 4.66. The van der Waals surface area contributed by atoms with Crippen molar-refractivity contribution in [2.45, 2.75) is 13.0 Å². The molecule has 2 aromatic carbocycles. The van der Waals surface area contributed by atoms with Crippen LogP contribution in [-0.2, 0) is 0 Å². The number of thiophene rings is 1. The largest absolute Gasteiger partial charge is 0.309 e. The van der Waals surface area contributed by atoms with Gasteiger partial charge in [-0.1, -0.05) is 30.3 Å². The minimum atomic E-state index is -0.165. The number of halogens is 1. The third-order valence-corrected chi connectivity index (χ3v) is 4.75. The topological polar surface area (TPSA) is 12.0 Å². The second-order valence-electron chi connectivity index (χ2n) is 4.87. The van der Waals surface area contributed by atoms with Crippen LogP contribution in [0.5, 0.6) is 0 Å². The van der Waals surface area contributed by atoms with E-state index in [1.165, 1.54) is 10.4 Å². The van der Waals surface area contributed by atoms with Gasteiger partial charge in [-0.2, -0.15) is 0 Å². The first kappa shape index (κ1) is 13.3. The van der Waals surface area contributed by atoms with Gasteiger partial charge in [-0.3, -0.25) is 0 Å². The number of nitrogens with one attached hydrogen (secondary N) is 1. The molecule has 3 rings (SSSR count). The van der Waals surface area contributed by atoms with E-state index in [1.54, 1.807) is 17.4 Å². The zero-order valence-electron chi connectivity index (χ0n) is 11.5. The van der Waals surface area contributed by atoms with Crippen molar-refractivity contribution in [2.24, 2.45) is 0 Å². The van der Waals surface area contributed by atoms with Crippen LogP contribution in [0.2, 0.25) is 0 Å². The summed E-state index contributed by atoms with van der Waals surface area (Å²) in [6, 6.07) is 13.3. The van der Waals surface area contributed by atoms with Crippen molar-refractivity contribution in [2.75, 3.05) is 7.05 Å². The fourth-order valence-electron chi connectivity index (χ4n) is 2.65. The quantitative estimate of drug-likeness (QED) is 0.738. The highest BCUT2D eigenvalue weighted by atomic mass is 32.1. The summed E-state index contributed by atoms with van der Waals surface area (Å²) in [4.78, 5) is 1.28. The standard InChI is InChI=1S/C17H16FNS/c1-11-9-10-20-17(11)16(19-2)14-7-8-15(18)13-6-4-3-5-12(13)14/h3-10,16,19H,1-2H3. The third-order valence-electron chi connectivity index (χ3n) is 3.67. The SMILES string of the molecule is CNC(c1sccc1C)c1ccc(F)c2ccccc12. The van der Waals surface area contributed by atoms with Gasteiger partial charge < -0.3 is 5.32 Å². The molecule has 0 spiro atoms. The Balaban J connectivity index is 2.23. The lowest BCUT2D eigenvalue weighted by atomic mass is 9.96. The van der Waals surface area contributed by atoms with Crippen LogP contribution in [0.25, 0.3) is 10.8 Å². The maximum Gasteiger partial charge on any atom is 0.131 e. The molecular weight excluding hydrogens is 269 g/mol. The van der Waals surface area contributed by atoms with Crippen molar-refractivity contribution in [3.8, 4) is 0 Å². The first-order valence-corrected chi connectivity index (χ1v) is 7.48. The summed E-state index contributed by atoms with van der Waals surface area (Å²) in [5.41, 5.74) is 2.39. The first-order valence-electron chi connectivity index (χ1n) is 6.60. The van der Waals surface area contributed by atoms with Crippen LogP contribution in [0, 0.1) is 12.7 Å². The van der Waals surface area contributed by atoms with Crippen LogP contribution in [0.4, 0.5) is 4.39 Å². The molecule has 0 saturated heterocycles. The van der Waals surface area contributed by atoms with Crippen molar-refractivity contribution in [1.29, 1.82) is 0 Å². The Morgan fingerprint density at radius 1 is 1.05 bits per heavy atom. The number of rotatable bonds is 3. The van der Waals surface area contributed by atoms with Gasteiger partial charge in [0.05, 0.1) is 6.04 Å². The van der Waals surface area contributed by atoms with Crippen LogP contribution in [0.15, 0.2) is 47.8 Å².